The first-order valence-corrected chi connectivity index (χ1v) is 5.57. The van der Waals surface area contributed by atoms with Crippen molar-refractivity contribution < 1.29 is 0 Å². The van der Waals surface area contributed by atoms with Crippen molar-refractivity contribution in [2.45, 2.75) is 9.79 Å². The third kappa shape index (κ3) is 4.08. The van der Waals surface area contributed by atoms with E-state index in [9.17, 15) is 0 Å². The average Bonchev–Trinajstić information content (AvgIpc) is 2.28. The number of nitrogens with two attached hydrogens (primary N) is 2. The van der Waals surface area contributed by atoms with Crippen molar-refractivity contribution in [2.75, 3.05) is 11.5 Å². The molecule has 0 aromatic heterocycles. The molecule has 0 aliphatic rings. The first-order chi connectivity index (χ1) is 7.61. The molecule has 0 radical (unpaired) electrons. The number of para-hydroxylation sites is 2. The van der Waals surface area contributed by atoms with E-state index in [1.165, 1.54) is 0 Å². The molecule has 2 nitrogen and oxygen atoms in total. The van der Waals surface area contributed by atoms with Crippen molar-refractivity contribution >= 4 is 36.6 Å². The minimum atomic E-state index is 0.646. The van der Waals surface area contributed by atoms with Gasteiger partial charge in [0.25, 0.3) is 0 Å². The van der Waals surface area contributed by atoms with Gasteiger partial charge in [0.2, 0.25) is 0 Å². The average molecular weight is 250 g/mol. The second-order valence-corrected chi connectivity index (χ2v) is 4.08. The smallest absolute Gasteiger partial charge is 0.0547 e. The minimum absolute atomic E-state index is 0.646. The SMILES string of the molecule is Nc1ccccc1N.Sc1ccccc1S. The van der Waals surface area contributed by atoms with Crippen LogP contribution in [0, 0.1) is 0 Å². The van der Waals surface area contributed by atoms with Crippen LogP contribution >= 0.6 is 25.3 Å². The first-order valence-electron chi connectivity index (χ1n) is 4.68. The molecule has 0 fully saturated rings. The standard InChI is InChI=1S/C6H8N2.C6H6S2/c2*7-5-3-1-2-4-6(5)8/h1-4H,7-8H2;1-4,7-8H. The lowest BCUT2D eigenvalue weighted by Gasteiger charge is -1.94. The Labute approximate surface area is 106 Å². The zero-order valence-electron chi connectivity index (χ0n) is 8.67. The van der Waals surface area contributed by atoms with Gasteiger partial charge < -0.3 is 11.5 Å². The van der Waals surface area contributed by atoms with E-state index in [2.05, 4.69) is 25.3 Å². The maximum absolute atomic E-state index is 5.39. The fraction of sp³-hybridized carbons (Fsp3) is 0. The van der Waals surface area contributed by atoms with Gasteiger partial charge in [-0.3, -0.25) is 0 Å². The lowest BCUT2D eigenvalue weighted by molar-refractivity contribution is 1.27. The van der Waals surface area contributed by atoms with Crippen molar-refractivity contribution in [3.63, 3.8) is 0 Å². The van der Waals surface area contributed by atoms with E-state index < -0.39 is 0 Å². The molecule has 0 unspecified atom stereocenters. The molecule has 0 saturated heterocycles. The fourth-order valence-corrected chi connectivity index (χ4v) is 1.30. The van der Waals surface area contributed by atoms with Gasteiger partial charge in [0.15, 0.2) is 0 Å². The van der Waals surface area contributed by atoms with Crippen molar-refractivity contribution in [1.82, 2.24) is 0 Å². The molecule has 0 saturated carbocycles. The third-order valence-electron chi connectivity index (χ3n) is 1.88. The number of hydrogen-bond acceptors (Lipinski definition) is 4. The Bertz CT molecular complexity index is 373. The van der Waals surface area contributed by atoms with Crippen LogP contribution in [0.15, 0.2) is 58.3 Å². The Kier molecular flexibility index (Phi) is 5.08. The number of rotatable bonds is 0. The maximum Gasteiger partial charge on any atom is 0.0547 e. The van der Waals surface area contributed by atoms with Gasteiger partial charge >= 0.3 is 0 Å². The molecule has 0 amide bonds. The molecule has 0 aliphatic heterocycles. The van der Waals surface area contributed by atoms with Gasteiger partial charge in [0, 0.05) is 9.79 Å². The van der Waals surface area contributed by atoms with Gasteiger partial charge in [-0.2, -0.15) is 0 Å². The van der Waals surface area contributed by atoms with Gasteiger partial charge in [0.05, 0.1) is 11.4 Å². The molecule has 0 aliphatic carbocycles. The van der Waals surface area contributed by atoms with E-state index in [4.69, 9.17) is 11.5 Å². The van der Waals surface area contributed by atoms with E-state index >= 15 is 0 Å². The summed E-state index contributed by atoms with van der Waals surface area (Å²) in [7, 11) is 0. The lowest BCUT2D eigenvalue weighted by Crippen LogP contribution is -1.91. The van der Waals surface area contributed by atoms with Crippen molar-refractivity contribution in [2.24, 2.45) is 0 Å². The predicted octanol–water partition coefficient (Wildman–Crippen LogP) is 3.12. The highest BCUT2D eigenvalue weighted by Gasteiger charge is 1.86. The number of thiol groups is 2. The van der Waals surface area contributed by atoms with Crippen LogP contribution in [0.4, 0.5) is 11.4 Å². The molecule has 2 aromatic rings. The lowest BCUT2D eigenvalue weighted by atomic mass is 10.3. The van der Waals surface area contributed by atoms with E-state index in [1.54, 1.807) is 12.1 Å². The Hall–Kier alpha value is -1.26. The summed E-state index contributed by atoms with van der Waals surface area (Å²) in [6.07, 6.45) is 0. The summed E-state index contributed by atoms with van der Waals surface area (Å²) in [4.78, 5) is 1.85. The monoisotopic (exact) mass is 250 g/mol. The summed E-state index contributed by atoms with van der Waals surface area (Å²) in [6, 6.07) is 14.9. The van der Waals surface area contributed by atoms with Crippen LogP contribution < -0.4 is 11.5 Å². The van der Waals surface area contributed by atoms with E-state index in [-0.39, 0.29) is 0 Å². The van der Waals surface area contributed by atoms with Crippen LogP contribution in [-0.2, 0) is 0 Å². The number of benzene rings is 2. The van der Waals surface area contributed by atoms with Gasteiger partial charge in [-0.05, 0) is 24.3 Å². The van der Waals surface area contributed by atoms with Crippen LogP contribution in [0.3, 0.4) is 0 Å². The van der Waals surface area contributed by atoms with Gasteiger partial charge in [-0.25, -0.2) is 0 Å². The van der Waals surface area contributed by atoms with Crippen molar-refractivity contribution in [1.29, 1.82) is 0 Å². The zero-order valence-corrected chi connectivity index (χ0v) is 10.5. The van der Waals surface area contributed by atoms with E-state index in [0.29, 0.717) is 11.4 Å². The molecule has 0 bridgehead atoms. The van der Waals surface area contributed by atoms with Gasteiger partial charge in [-0.1, -0.05) is 24.3 Å². The maximum atomic E-state index is 5.39. The molecule has 4 heteroatoms. The summed E-state index contributed by atoms with van der Waals surface area (Å²) >= 11 is 8.24. The molecule has 16 heavy (non-hydrogen) atoms. The third-order valence-corrected chi connectivity index (χ3v) is 2.83. The van der Waals surface area contributed by atoms with Crippen LogP contribution in [0.2, 0.25) is 0 Å². The molecule has 2 rings (SSSR count). The fourth-order valence-electron chi connectivity index (χ4n) is 0.975. The Morgan fingerprint density at radius 1 is 0.625 bits per heavy atom. The molecule has 2 aromatic carbocycles. The molecular formula is C12H14N2S2. The van der Waals surface area contributed by atoms with Crippen LogP contribution in [-0.4, -0.2) is 0 Å². The van der Waals surface area contributed by atoms with Crippen LogP contribution in [0.25, 0.3) is 0 Å². The van der Waals surface area contributed by atoms with Gasteiger partial charge in [-0.15, -0.1) is 25.3 Å². The predicted molar refractivity (Wildman–Crippen MR) is 76.2 cm³/mol. The topological polar surface area (TPSA) is 52.0 Å². The molecule has 0 atom stereocenters. The molecule has 4 N–H and O–H groups in total. The number of anilines is 2. The molecule has 0 heterocycles. The summed E-state index contributed by atoms with van der Waals surface area (Å²) in [5.74, 6) is 0. The number of hydrogen-bond donors (Lipinski definition) is 4. The Morgan fingerprint density at radius 2 is 0.938 bits per heavy atom. The van der Waals surface area contributed by atoms with Crippen molar-refractivity contribution in [3.8, 4) is 0 Å². The molecule has 84 valence electrons. The van der Waals surface area contributed by atoms with E-state index in [1.807, 2.05) is 36.4 Å². The first kappa shape index (κ1) is 12.8. The Balaban J connectivity index is 0.000000160. The van der Waals surface area contributed by atoms with Crippen molar-refractivity contribution in [3.05, 3.63) is 48.5 Å². The summed E-state index contributed by atoms with van der Waals surface area (Å²) in [6.45, 7) is 0. The zero-order chi connectivity index (χ0) is 12.0. The summed E-state index contributed by atoms with van der Waals surface area (Å²) < 4.78 is 0. The minimum Gasteiger partial charge on any atom is -0.397 e. The Morgan fingerprint density at radius 3 is 1.19 bits per heavy atom. The highest BCUT2D eigenvalue weighted by atomic mass is 32.1. The quantitative estimate of drug-likeness (QED) is 0.429. The normalized spacial score (nSPS) is 9.12. The highest BCUT2D eigenvalue weighted by Crippen LogP contribution is 2.15. The van der Waals surface area contributed by atoms with Crippen LogP contribution in [0.5, 0.6) is 0 Å². The largest absolute Gasteiger partial charge is 0.397 e. The summed E-state index contributed by atoms with van der Waals surface area (Å²) in [5.41, 5.74) is 12.1. The number of nitrogen functional groups attached to an aromatic ring is 2. The summed E-state index contributed by atoms with van der Waals surface area (Å²) in [5, 5.41) is 0. The van der Waals surface area contributed by atoms with Gasteiger partial charge in [0.1, 0.15) is 0 Å². The molecule has 0 spiro atoms. The second kappa shape index (κ2) is 6.35. The highest BCUT2D eigenvalue weighted by molar-refractivity contribution is 7.83. The van der Waals surface area contributed by atoms with E-state index in [0.717, 1.165) is 9.79 Å². The molecular weight excluding hydrogens is 236 g/mol. The van der Waals surface area contributed by atoms with Crippen LogP contribution in [0.1, 0.15) is 0 Å². The second-order valence-electron chi connectivity index (χ2n) is 3.12.